The minimum absolute atomic E-state index is 0.00336. The molecule has 1 atom stereocenters. The fraction of sp³-hybridized carbons (Fsp3) is 0.519. The highest BCUT2D eigenvalue weighted by atomic mass is 16.1. The van der Waals surface area contributed by atoms with Gasteiger partial charge in [-0.15, -0.1) is 0 Å². The quantitative estimate of drug-likeness (QED) is 0.488. The lowest BCUT2D eigenvalue weighted by molar-refractivity contribution is -0.122. The molecule has 0 aliphatic carbocycles. The standard InChI is InChI=1S/C17H21NO.5C2H6/c1-6-10-14-13(8-3)12(5)17(19)18-16(9-4)15(14)11-7-2;5*1-2/h6-12H,1-2H2,3-5H3,(H,18,19);5*1-2H3/b13-8-,14-10+,15-11-,16-9+;;;;;. The van der Waals surface area contributed by atoms with Gasteiger partial charge in [0.15, 0.2) is 0 Å². The van der Waals surface area contributed by atoms with E-state index in [0.29, 0.717) is 0 Å². The summed E-state index contributed by atoms with van der Waals surface area (Å²) in [6.07, 6.45) is 11.2. The molecule has 1 aliphatic heterocycles. The zero-order chi connectivity index (χ0) is 24.4. The van der Waals surface area contributed by atoms with E-state index in [4.69, 9.17) is 0 Å². The second-order valence-corrected chi connectivity index (χ2v) is 4.29. The second kappa shape index (κ2) is 30.6. The number of rotatable bonds is 2. The summed E-state index contributed by atoms with van der Waals surface area (Å²) in [7, 11) is 0. The minimum Gasteiger partial charge on any atom is -0.325 e. The molecule has 1 aliphatic rings. The van der Waals surface area contributed by atoms with E-state index in [0.717, 1.165) is 22.4 Å². The van der Waals surface area contributed by atoms with E-state index in [-0.39, 0.29) is 11.8 Å². The van der Waals surface area contributed by atoms with E-state index in [1.165, 1.54) is 0 Å². The maximum absolute atomic E-state index is 12.2. The Labute approximate surface area is 184 Å². The van der Waals surface area contributed by atoms with Gasteiger partial charge in [-0.25, -0.2) is 0 Å². The van der Waals surface area contributed by atoms with Gasteiger partial charge in [0, 0.05) is 11.3 Å². The molecule has 29 heavy (non-hydrogen) atoms. The van der Waals surface area contributed by atoms with Crippen LogP contribution in [-0.4, -0.2) is 5.91 Å². The van der Waals surface area contributed by atoms with Crippen LogP contribution in [0.4, 0.5) is 0 Å². The van der Waals surface area contributed by atoms with Gasteiger partial charge in [0.1, 0.15) is 0 Å². The summed E-state index contributed by atoms with van der Waals surface area (Å²) in [5, 5.41) is 2.96. The van der Waals surface area contributed by atoms with Crippen molar-refractivity contribution in [2.75, 3.05) is 0 Å². The van der Waals surface area contributed by atoms with Crippen LogP contribution < -0.4 is 5.32 Å². The molecule has 1 saturated heterocycles. The first kappa shape index (κ1) is 37.6. The van der Waals surface area contributed by atoms with Crippen LogP contribution in [0.15, 0.2) is 72.0 Å². The average Bonchev–Trinajstić information content (AvgIpc) is 2.91. The van der Waals surface area contributed by atoms with E-state index >= 15 is 0 Å². The van der Waals surface area contributed by atoms with Gasteiger partial charge in [0.2, 0.25) is 5.91 Å². The van der Waals surface area contributed by atoms with Crippen molar-refractivity contribution in [1.29, 1.82) is 0 Å². The second-order valence-electron chi connectivity index (χ2n) is 4.29. The lowest BCUT2D eigenvalue weighted by Gasteiger charge is -2.14. The molecule has 1 heterocycles. The summed E-state index contributed by atoms with van der Waals surface area (Å²) in [5.41, 5.74) is 3.78. The molecule has 1 fully saturated rings. The summed E-state index contributed by atoms with van der Waals surface area (Å²) < 4.78 is 0. The Kier molecular flexibility index (Phi) is 39.7. The highest BCUT2D eigenvalue weighted by Gasteiger charge is 2.28. The molecule has 1 rings (SSSR count). The van der Waals surface area contributed by atoms with E-state index < -0.39 is 0 Å². The van der Waals surface area contributed by atoms with Gasteiger partial charge >= 0.3 is 0 Å². The topological polar surface area (TPSA) is 29.1 Å². The van der Waals surface area contributed by atoms with Crippen LogP contribution in [0.1, 0.15) is 90.0 Å². The van der Waals surface area contributed by atoms with Crippen LogP contribution >= 0.6 is 0 Å². The van der Waals surface area contributed by atoms with Crippen molar-refractivity contribution >= 4 is 5.91 Å². The highest BCUT2D eigenvalue weighted by molar-refractivity contribution is 5.88. The van der Waals surface area contributed by atoms with Crippen LogP contribution in [-0.2, 0) is 4.79 Å². The van der Waals surface area contributed by atoms with Crippen molar-refractivity contribution in [3.05, 3.63) is 72.0 Å². The molecule has 0 bridgehead atoms. The molecule has 1 unspecified atom stereocenters. The third kappa shape index (κ3) is 14.5. The molecule has 0 saturated carbocycles. The van der Waals surface area contributed by atoms with Crippen molar-refractivity contribution in [2.45, 2.75) is 90.0 Å². The lowest BCUT2D eigenvalue weighted by atomic mass is 9.88. The first-order valence-corrected chi connectivity index (χ1v) is 11.4. The number of hydrogen-bond acceptors (Lipinski definition) is 1. The van der Waals surface area contributed by atoms with Crippen molar-refractivity contribution in [2.24, 2.45) is 5.92 Å². The Balaban J connectivity index is -0.000000167. The predicted octanol–water partition coefficient (Wildman–Crippen LogP) is 8.96. The summed E-state index contributed by atoms with van der Waals surface area (Å²) in [6, 6.07) is 0. The van der Waals surface area contributed by atoms with Gasteiger partial charge < -0.3 is 5.32 Å². The van der Waals surface area contributed by atoms with Gasteiger partial charge in [0.05, 0.1) is 5.92 Å². The first-order valence-electron chi connectivity index (χ1n) is 11.4. The molecular weight excluding hydrogens is 354 g/mol. The maximum atomic E-state index is 12.2. The number of carbonyl (C=O) groups excluding carboxylic acids is 1. The van der Waals surface area contributed by atoms with Crippen LogP contribution in [0.5, 0.6) is 0 Å². The summed E-state index contributed by atoms with van der Waals surface area (Å²) >= 11 is 0. The van der Waals surface area contributed by atoms with E-state index in [1.54, 1.807) is 12.2 Å². The number of nitrogens with one attached hydrogen (secondary N) is 1. The zero-order valence-corrected chi connectivity index (χ0v) is 21.9. The fourth-order valence-electron chi connectivity index (χ4n) is 2.22. The molecule has 0 aromatic carbocycles. The minimum atomic E-state index is -0.193. The maximum Gasteiger partial charge on any atom is 0.231 e. The number of hydrogen-bond donors (Lipinski definition) is 1. The molecule has 0 radical (unpaired) electrons. The average molecular weight is 406 g/mol. The van der Waals surface area contributed by atoms with Gasteiger partial charge in [-0.1, -0.05) is 119 Å². The number of carbonyl (C=O) groups is 1. The van der Waals surface area contributed by atoms with E-state index in [1.807, 2.05) is 114 Å². The van der Waals surface area contributed by atoms with Gasteiger partial charge in [0.25, 0.3) is 0 Å². The predicted molar refractivity (Wildman–Crippen MR) is 138 cm³/mol. The van der Waals surface area contributed by atoms with Crippen molar-refractivity contribution in [3.8, 4) is 0 Å². The third-order valence-corrected chi connectivity index (χ3v) is 3.18. The Bertz CT molecular complexity index is 517. The molecule has 2 nitrogen and oxygen atoms in total. The monoisotopic (exact) mass is 405 g/mol. The summed E-state index contributed by atoms with van der Waals surface area (Å²) in [4.78, 5) is 12.2. The summed E-state index contributed by atoms with van der Waals surface area (Å²) in [5.74, 6) is -0.189. The first-order chi connectivity index (χ1) is 14.1. The molecule has 0 spiro atoms. The van der Waals surface area contributed by atoms with Crippen LogP contribution in [0, 0.1) is 5.92 Å². The molecule has 0 aromatic rings. The van der Waals surface area contributed by atoms with Crippen LogP contribution in [0.3, 0.4) is 0 Å². The molecule has 0 aromatic heterocycles. The van der Waals surface area contributed by atoms with E-state index in [2.05, 4.69) is 18.5 Å². The highest BCUT2D eigenvalue weighted by Crippen LogP contribution is 2.33. The smallest absolute Gasteiger partial charge is 0.231 e. The normalized spacial score (nSPS) is 19.8. The zero-order valence-electron chi connectivity index (χ0n) is 21.9. The largest absolute Gasteiger partial charge is 0.325 e. The Morgan fingerprint density at radius 3 is 1.41 bits per heavy atom. The Morgan fingerprint density at radius 1 is 0.724 bits per heavy atom. The molecule has 170 valence electrons. The van der Waals surface area contributed by atoms with E-state index in [9.17, 15) is 4.79 Å². The van der Waals surface area contributed by atoms with Gasteiger partial charge in [-0.2, -0.15) is 0 Å². The summed E-state index contributed by atoms with van der Waals surface area (Å²) in [6.45, 7) is 33.3. The van der Waals surface area contributed by atoms with Crippen molar-refractivity contribution in [3.63, 3.8) is 0 Å². The van der Waals surface area contributed by atoms with Crippen molar-refractivity contribution < 1.29 is 4.79 Å². The number of allylic oxidation sites excluding steroid dienone is 7. The molecular formula is C27H51NO. The third-order valence-electron chi connectivity index (χ3n) is 3.18. The van der Waals surface area contributed by atoms with Gasteiger partial charge in [-0.05, 0) is 31.9 Å². The number of amides is 1. The Morgan fingerprint density at radius 2 is 1.10 bits per heavy atom. The van der Waals surface area contributed by atoms with Crippen molar-refractivity contribution in [1.82, 2.24) is 5.32 Å². The molecule has 1 amide bonds. The molecule has 1 N–H and O–H groups in total. The van der Waals surface area contributed by atoms with Gasteiger partial charge in [-0.3, -0.25) is 4.79 Å². The molecule has 2 heteroatoms. The SMILES string of the molecule is C=C/C=C1C(=C/C)\NC(=O)C(C)C(=C\C)\C\1=C/C=C.CC.CC.CC.CC.CC. The Hall–Kier alpha value is -2.09. The fourth-order valence-corrected chi connectivity index (χ4v) is 2.22. The van der Waals surface area contributed by atoms with Crippen LogP contribution in [0.25, 0.3) is 0 Å². The lowest BCUT2D eigenvalue weighted by Crippen LogP contribution is -2.26. The van der Waals surface area contributed by atoms with Crippen LogP contribution in [0.2, 0.25) is 0 Å².